The first-order chi connectivity index (χ1) is 14.1. The van der Waals surface area contributed by atoms with E-state index in [1.807, 2.05) is 18.2 Å². The molecule has 0 radical (unpaired) electrons. The predicted octanol–water partition coefficient (Wildman–Crippen LogP) is 4.01. The van der Waals surface area contributed by atoms with Crippen molar-refractivity contribution >= 4 is 27.8 Å². The Balaban J connectivity index is 1.86. The number of aromatic amines is 1. The minimum absolute atomic E-state index is 0.215. The molecule has 0 amide bonds. The monoisotopic (exact) mass is 392 g/mol. The highest BCUT2D eigenvalue weighted by molar-refractivity contribution is 6.11. The molecule has 0 spiro atoms. The summed E-state index contributed by atoms with van der Waals surface area (Å²) in [6.07, 6.45) is 4.61. The second kappa shape index (κ2) is 7.84. The van der Waals surface area contributed by atoms with Gasteiger partial charge >= 0.3 is 12.0 Å². The first kappa shape index (κ1) is 18.8. The maximum atomic E-state index is 12.6. The van der Waals surface area contributed by atoms with Gasteiger partial charge in [-0.05, 0) is 38.1 Å². The maximum absolute atomic E-state index is 12.6. The average molecular weight is 392 g/mol. The van der Waals surface area contributed by atoms with Gasteiger partial charge in [-0.25, -0.2) is 19.7 Å². The minimum Gasteiger partial charge on any atom is -0.458 e. The van der Waals surface area contributed by atoms with E-state index in [1.54, 1.807) is 45.6 Å². The van der Waals surface area contributed by atoms with Crippen molar-refractivity contribution in [2.24, 2.45) is 0 Å². The molecule has 1 aromatic carbocycles. The van der Waals surface area contributed by atoms with Crippen LogP contribution in [-0.2, 0) is 16.1 Å². The summed E-state index contributed by atoms with van der Waals surface area (Å²) in [5.41, 5.74) is 2.58. The Labute approximate surface area is 166 Å². The van der Waals surface area contributed by atoms with Gasteiger partial charge in [-0.3, -0.25) is 0 Å². The lowest BCUT2D eigenvalue weighted by Gasteiger charge is -2.12. The van der Waals surface area contributed by atoms with Crippen LogP contribution < -0.4 is 4.74 Å². The molecule has 3 aromatic heterocycles. The van der Waals surface area contributed by atoms with Crippen LogP contribution in [0.2, 0.25) is 0 Å². The molecule has 3 heterocycles. The van der Waals surface area contributed by atoms with Crippen LogP contribution in [0, 0.1) is 0 Å². The number of H-pyrrole nitrogens is 1. The van der Waals surface area contributed by atoms with E-state index in [-0.39, 0.29) is 24.4 Å². The van der Waals surface area contributed by atoms with Gasteiger partial charge < -0.3 is 19.2 Å². The molecular formula is C21H20N4O4. The SMILES string of the molecule is COCc1c(C(=O)OC(C)C)ncc2[nH]c3ccc(Oc4ncccn4)cc3c12. The molecule has 0 aliphatic carbocycles. The van der Waals surface area contributed by atoms with E-state index in [9.17, 15) is 4.79 Å². The number of pyridine rings is 1. The van der Waals surface area contributed by atoms with Crippen molar-refractivity contribution in [2.75, 3.05) is 7.11 Å². The highest BCUT2D eigenvalue weighted by Crippen LogP contribution is 2.33. The number of methoxy groups -OCH3 is 1. The third-order valence-corrected chi connectivity index (χ3v) is 4.29. The van der Waals surface area contributed by atoms with Gasteiger partial charge in [-0.15, -0.1) is 0 Å². The lowest BCUT2D eigenvalue weighted by molar-refractivity contribution is 0.0366. The molecule has 4 aromatic rings. The first-order valence-corrected chi connectivity index (χ1v) is 9.15. The molecule has 0 aliphatic heterocycles. The van der Waals surface area contributed by atoms with Crippen LogP contribution in [0.25, 0.3) is 21.8 Å². The predicted molar refractivity (Wildman–Crippen MR) is 107 cm³/mol. The number of ether oxygens (including phenoxy) is 3. The summed E-state index contributed by atoms with van der Waals surface area (Å²) in [4.78, 5) is 28.4. The fraction of sp³-hybridized carbons (Fsp3) is 0.238. The molecule has 0 saturated carbocycles. The maximum Gasteiger partial charge on any atom is 0.357 e. The van der Waals surface area contributed by atoms with Gasteiger partial charge in [0, 0.05) is 41.4 Å². The molecule has 0 saturated heterocycles. The largest absolute Gasteiger partial charge is 0.458 e. The Kier molecular flexibility index (Phi) is 5.09. The molecule has 0 fully saturated rings. The summed E-state index contributed by atoms with van der Waals surface area (Å²) in [6.45, 7) is 3.81. The number of aromatic nitrogens is 4. The number of nitrogens with one attached hydrogen (secondary N) is 1. The van der Waals surface area contributed by atoms with Gasteiger partial charge in [-0.1, -0.05) is 0 Å². The van der Waals surface area contributed by atoms with Crippen LogP contribution in [0.5, 0.6) is 11.8 Å². The molecule has 8 heteroatoms. The molecule has 0 aliphatic rings. The van der Waals surface area contributed by atoms with E-state index in [2.05, 4.69) is 19.9 Å². The number of carbonyl (C=O) groups is 1. The van der Waals surface area contributed by atoms with Gasteiger partial charge in [0.2, 0.25) is 0 Å². The Bertz CT molecular complexity index is 1170. The smallest absolute Gasteiger partial charge is 0.357 e. The lowest BCUT2D eigenvalue weighted by Crippen LogP contribution is -2.15. The van der Waals surface area contributed by atoms with Crippen molar-refractivity contribution in [3.63, 3.8) is 0 Å². The van der Waals surface area contributed by atoms with E-state index < -0.39 is 5.97 Å². The number of esters is 1. The number of hydrogen-bond acceptors (Lipinski definition) is 7. The molecule has 1 N–H and O–H groups in total. The molecule has 0 unspecified atom stereocenters. The highest BCUT2D eigenvalue weighted by Gasteiger charge is 2.21. The fourth-order valence-electron chi connectivity index (χ4n) is 3.18. The molecule has 29 heavy (non-hydrogen) atoms. The summed E-state index contributed by atoms with van der Waals surface area (Å²) in [7, 11) is 1.58. The van der Waals surface area contributed by atoms with Crippen molar-refractivity contribution in [1.29, 1.82) is 0 Å². The fourth-order valence-corrected chi connectivity index (χ4v) is 3.18. The quantitative estimate of drug-likeness (QED) is 0.495. The highest BCUT2D eigenvalue weighted by atomic mass is 16.5. The van der Waals surface area contributed by atoms with Gasteiger partial charge in [0.05, 0.1) is 24.4 Å². The van der Waals surface area contributed by atoms with E-state index in [4.69, 9.17) is 14.2 Å². The number of benzene rings is 1. The first-order valence-electron chi connectivity index (χ1n) is 9.15. The number of hydrogen-bond donors (Lipinski definition) is 1. The second-order valence-corrected chi connectivity index (χ2v) is 6.73. The third kappa shape index (κ3) is 3.74. The van der Waals surface area contributed by atoms with E-state index in [0.717, 1.165) is 21.8 Å². The van der Waals surface area contributed by atoms with E-state index >= 15 is 0 Å². The van der Waals surface area contributed by atoms with Crippen molar-refractivity contribution in [1.82, 2.24) is 19.9 Å². The number of nitrogens with zero attached hydrogens (tertiary/aromatic N) is 3. The summed E-state index contributed by atoms with van der Waals surface area (Å²) in [6, 6.07) is 7.58. The summed E-state index contributed by atoms with van der Waals surface area (Å²) < 4.78 is 16.5. The zero-order valence-corrected chi connectivity index (χ0v) is 16.3. The number of carbonyl (C=O) groups excluding carboxylic acids is 1. The molecule has 148 valence electrons. The normalized spacial score (nSPS) is 11.3. The third-order valence-electron chi connectivity index (χ3n) is 4.29. The van der Waals surface area contributed by atoms with E-state index in [1.165, 1.54) is 0 Å². The van der Waals surface area contributed by atoms with Gasteiger partial charge in [0.25, 0.3) is 0 Å². The van der Waals surface area contributed by atoms with Crippen LogP contribution in [0.4, 0.5) is 0 Å². The Morgan fingerprint density at radius 3 is 2.66 bits per heavy atom. The lowest BCUT2D eigenvalue weighted by atomic mass is 10.1. The van der Waals surface area contributed by atoms with Crippen LogP contribution in [0.15, 0.2) is 42.9 Å². The summed E-state index contributed by atoms with van der Waals surface area (Å²) >= 11 is 0. The molecule has 4 rings (SSSR count). The minimum atomic E-state index is -0.478. The van der Waals surface area contributed by atoms with E-state index in [0.29, 0.717) is 11.3 Å². The Hall–Kier alpha value is -3.52. The summed E-state index contributed by atoms with van der Waals surface area (Å²) in [5, 5.41) is 1.72. The number of rotatable bonds is 6. The molecular weight excluding hydrogens is 372 g/mol. The Morgan fingerprint density at radius 1 is 1.14 bits per heavy atom. The van der Waals surface area contributed by atoms with Crippen LogP contribution in [0.3, 0.4) is 0 Å². The Morgan fingerprint density at radius 2 is 1.93 bits per heavy atom. The topological polar surface area (TPSA) is 99.2 Å². The van der Waals surface area contributed by atoms with Crippen molar-refractivity contribution < 1.29 is 19.0 Å². The standard InChI is InChI=1S/C21H20N4O4/c1-12(2)28-20(26)19-15(11-27-3)18-14-9-13(29-21-22-7-4-8-23-21)5-6-16(14)25-17(18)10-24-19/h4-10,12,25H,11H2,1-3H3. The van der Waals surface area contributed by atoms with Crippen molar-refractivity contribution in [3.05, 3.63) is 54.1 Å². The van der Waals surface area contributed by atoms with Crippen molar-refractivity contribution in [3.8, 4) is 11.8 Å². The zero-order chi connectivity index (χ0) is 20.4. The van der Waals surface area contributed by atoms with Crippen LogP contribution in [0.1, 0.15) is 29.9 Å². The van der Waals surface area contributed by atoms with Crippen LogP contribution >= 0.6 is 0 Å². The molecule has 8 nitrogen and oxygen atoms in total. The second-order valence-electron chi connectivity index (χ2n) is 6.73. The van der Waals surface area contributed by atoms with Crippen molar-refractivity contribution in [2.45, 2.75) is 26.6 Å². The van der Waals surface area contributed by atoms with Gasteiger partial charge in [0.1, 0.15) is 5.75 Å². The summed E-state index contributed by atoms with van der Waals surface area (Å²) in [5.74, 6) is 0.101. The zero-order valence-electron chi connectivity index (χ0n) is 16.3. The average Bonchev–Trinajstić information content (AvgIpc) is 3.07. The molecule has 0 bridgehead atoms. The molecule has 0 atom stereocenters. The number of fused-ring (bicyclic) bond motifs is 3. The van der Waals surface area contributed by atoms with Gasteiger partial charge in [0.15, 0.2) is 5.69 Å². The van der Waals surface area contributed by atoms with Crippen LogP contribution in [-0.4, -0.2) is 39.1 Å². The van der Waals surface area contributed by atoms with Gasteiger partial charge in [-0.2, -0.15) is 0 Å².